The van der Waals surface area contributed by atoms with Crippen molar-refractivity contribution in [3.63, 3.8) is 0 Å². The van der Waals surface area contributed by atoms with Crippen LogP contribution in [0.1, 0.15) is 25.1 Å². The molecule has 33 heavy (non-hydrogen) atoms. The zero-order valence-corrected chi connectivity index (χ0v) is 19.8. The molecule has 1 saturated heterocycles. The summed E-state index contributed by atoms with van der Waals surface area (Å²) in [6.07, 6.45) is 0.925. The third-order valence-electron chi connectivity index (χ3n) is 6.11. The summed E-state index contributed by atoms with van der Waals surface area (Å²) in [4.78, 5) is 26.6. The van der Waals surface area contributed by atoms with Crippen molar-refractivity contribution in [2.24, 2.45) is 0 Å². The summed E-state index contributed by atoms with van der Waals surface area (Å²) in [6.45, 7) is 10.3. The maximum atomic E-state index is 11.8. The number of carbonyl (C=O) groups excluding carboxylic acids is 1. The molecule has 0 bridgehead atoms. The third-order valence-corrected chi connectivity index (χ3v) is 6.11. The molecule has 2 amide bonds. The first-order valence-corrected chi connectivity index (χ1v) is 11.7. The first kappa shape index (κ1) is 23.4. The van der Waals surface area contributed by atoms with Gasteiger partial charge in [0, 0.05) is 56.6 Å². The van der Waals surface area contributed by atoms with Crippen molar-refractivity contribution in [3.8, 4) is 11.4 Å². The second-order valence-electron chi connectivity index (χ2n) is 8.49. The van der Waals surface area contributed by atoms with Crippen molar-refractivity contribution in [1.82, 2.24) is 20.2 Å². The molecule has 9 heteroatoms. The molecule has 2 aromatic rings. The highest BCUT2D eigenvalue weighted by atomic mass is 16.5. The Morgan fingerprint density at radius 3 is 2.79 bits per heavy atom. The molecule has 0 aliphatic carbocycles. The molecule has 2 aliphatic rings. The Labute approximate surface area is 195 Å². The normalized spacial score (nSPS) is 18.6. The minimum absolute atomic E-state index is 0.213. The van der Waals surface area contributed by atoms with Crippen LogP contribution in [0.4, 0.5) is 16.3 Å². The Kier molecular flexibility index (Phi) is 7.74. The summed E-state index contributed by atoms with van der Waals surface area (Å²) < 4.78 is 11.0. The summed E-state index contributed by atoms with van der Waals surface area (Å²) in [6, 6.07) is 7.74. The van der Waals surface area contributed by atoms with Crippen LogP contribution in [0.15, 0.2) is 24.3 Å². The molecule has 1 fully saturated rings. The number of benzene rings is 1. The Hall–Kier alpha value is -2.75. The number of amides is 2. The van der Waals surface area contributed by atoms with Gasteiger partial charge in [0.25, 0.3) is 0 Å². The first-order valence-electron chi connectivity index (χ1n) is 11.7. The number of nitrogens with one attached hydrogen (secondary N) is 2. The van der Waals surface area contributed by atoms with Gasteiger partial charge in [-0.1, -0.05) is 0 Å². The Morgan fingerprint density at radius 2 is 2.06 bits per heavy atom. The number of carbonyl (C=O) groups is 1. The van der Waals surface area contributed by atoms with E-state index in [1.165, 1.54) is 5.56 Å². The lowest BCUT2D eigenvalue weighted by Gasteiger charge is -2.37. The van der Waals surface area contributed by atoms with E-state index in [0.717, 1.165) is 55.4 Å². The fraction of sp³-hybridized carbons (Fsp3) is 0.542. The van der Waals surface area contributed by atoms with Crippen LogP contribution in [0.3, 0.4) is 0 Å². The van der Waals surface area contributed by atoms with Gasteiger partial charge < -0.3 is 25.0 Å². The van der Waals surface area contributed by atoms with Crippen molar-refractivity contribution in [2.75, 3.05) is 63.3 Å². The molecular formula is C24H34N6O3. The summed E-state index contributed by atoms with van der Waals surface area (Å²) in [5, 5.41) is 5.57. The molecule has 3 heterocycles. The number of nitrogens with zero attached hydrogens (tertiary/aromatic N) is 4. The van der Waals surface area contributed by atoms with E-state index in [4.69, 9.17) is 19.4 Å². The van der Waals surface area contributed by atoms with Gasteiger partial charge >= 0.3 is 6.03 Å². The van der Waals surface area contributed by atoms with E-state index in [0.29, 0.717) is 32.2 Å². The highest BCUT2D eigenvalue weighted by Gasteiger charge is 2.28. The lowest BCUT2D eigenvalue weighted by Crippen LogP contribution is -2.45. The van der Waals surface area contributed by atoms with Crippen molar-refractivity contribution in [1.29, 1.82) is 0 Å². The number of rotatable bonds is 7. The molecule has 1 aromatic heterocycles. The van der Waals surface area contributed by atoms with E-state index in [2.05, 4.69) is 27.4 Å². The Balaban J connectivity index is 1.65. The molecule has 2 N–H and O–H groups in total. The third kappa shape index (κ3) is 5.61. The van der Waals surface area contributed by atoms with Gasteiger partial charge in [0.2, 0.25) is 0 Å². The molecular weight excluding hydrogens is 420 g/mol. The van der Waals surface area contributed by atoms with Gasteiger partial charge in [0.1, 0.15) is 5.82 Å². The molecule has 4 rings (SSSR count). The summed E-state index contributed by atoms with van der Waals surface area (Å²) in [5.74, 6) is 1.74. The molecule has 1 atom stereocenters. The smallest absolute Gasteiger partial charge is 0.319 e. The largest absolute Gasteiger partial charge is 0.383 e. The number of morpholine rings is 1. The first-order chi connectivity index (χ1) is 16.1. The Bertz CT molecular complexity index is 952. The summed E-state index contributed by atoms with van der Waals surface area (Å²) in [5.41, 5.74) is 3.99. The van der Waals surface area contributed by atoms with Gasteiger partial charge in [0.15, 0.2) is 5.82 Å². The number of ether oxygens (including phenoxy) is 2. The SMILES string of the molecule is CCNC(=O)Nc1ccc(-c2nc3c(c(N4CCOCC4C)n2)CCN(CCOC)C3)cc1. The van der Waals surface area contributed by atoms with E-state index >= 15 is 0 Å². The minimum Gasteiger partial charge on any atom is -0.383 e. The second kappa shape index (κ2) is 10.9. The topological polar surface area (TPSA) is 91.9 Å². The van der Waals surface area contributed by atoms with Crippen molar-refractivity contribution < 1.29 is 14.3 Å². The lowest BCUT2D eigenvalue weighted by atomic mass is 10.0. The van der Waals surface area contributed by atoms with Gasteiger partial charge in [-0.3, -0.25) is 4.90 Å². The van der Waals surface area contributed by atoms with E-state index < -0.39 is 0 Å². The minimum atomic E-state index is -0.213. The number of methoxy groups -OCH3 is 1. The lowest BCUT2D eigenvalue weighted by molar-refractivity contribution is 0.0982. The zero-order chi connectivity index (χ0) is 23.2. The number of hydrogen-bond donors (Lipinski definition) is 2. The van der Waals surface area contributed by atoms with Gasteiger partial charge in [0.05, 0.1) is 31.6 Å². The van der Waals surface area contributed by atoms with Crippen LogP contribution in [-0.2, 0) is 22.4 Å². The van der Waals surface area contributed by atoms with Crippen LogP contribution in [0, 0.1) is 0 Å². The fourth-order valence-corrected chi connectivity index (χ4v) is 4.32. The molecule has 0 radical (unpaired) electrons. The maximum Gasteiger partial charge on any atom is 0.319 e. The number of urea groups is 1. The Morgan fingerprint density at radius 1 is 1.24 bits per heavy atom. The second-order valence-corrected chi connectivity index (χ2v) is 8.49. The summed E-state index contributed by atoms with van der Waals surface area (Å²) in [7, 11) is 1.74. The van der Waals surface area contributed by atoms with Crippen LogP contribution in [0.2, 0.25) is 0 Å². The predicted molar refractivity (Wildman–Crippen MR) is 129 cm³/mol. The molecule has 178 valence electrons. The van der Waals surface area contributed by atoms with Crippen molar-refractivity contribution >= 4 is 17.5 Å². The standard InChI is InChI=1S/C24H34N6O3/c1-4-25-24(31)26-19-7-5-18(6-8-19)22-27-21-15-29(11-13-32-3)10-9-20(21)23(28-22)30-12-14-33-16-17(30)2/h5-8,17H,4,9-16H2,1-3H3,(H2,25,26,31). The fourth-order valence-electron chi connectivity index (χ4n) is 4.32. The molecule has 1 aromatic carbocycles. The predicted octanol–water partition coefficient (Wildman–Crippen LogP) is 2.51. The van der Waals surface area contributed by atoms with Gasteiger partial charge in [-0.15, -0.1) is 0 Å². The van der Waals surface area contributed by atoms with Crippen LogP contribution < -0.4 is 15.5 Å². The molecule has 2 aliphatic heterocycles. The number of anilines is 2. The van der Waals surface area contributed by atoms with E-state index in [1.807, 2.05) is 31.2 Å². The maximum absolute atomic E-state index is 11.8. The van der Waals surface area contributed by atoms with Gasteiger partial charge in [-0.05, 0) is 44.5 Å². The molecule has 0 saturated carbocycles. The monoisotopic (exact) mass is 454 g/mol. The van der Waals surface area contributed by atoms with Gasteiger partial charge in [-0.2, -0.15) is 0 Å². The van der Waals surface area contributed by atoms with Gasteiger partial charge in [-0.25, -0.2) is 14.8 Å². The van der Waals surface area contributed by atoms with Crippen LogP contribution in [0.25, 0.3) is 11.4 Å². The number of fused-ring (bicyclic) bond motifs is 1. The average molecular weight is 455 g/mol. The van der Waals surface area contributed by atoms with Crippen LogP contribution >= 0.6 is 0 Å². The number of hydrogen-bond acceptors (Lipinski definition) is 7. The molecule has 1 unspecified atom stereocenters. The van der Waals surface area contributed by atoms with Crippen molar-refractivity contribution in [3.05, 3.63) is 35.5 Å². The summed E-state index contributed by atoms with van der Waals surface area (Å²) >= 11 is 0. The van der Waals surface area contributed by atoms with E-state index in [-0.39, 0.29) is 12.1 Å². The van der Waals surface area contributed by atoms with E-state index in [9.17, 15) is 4.79 Å². The molecule has 9 nitrogen and oxygen atoms in total. The van der Waals surface area contributed by atoms with Crippen LogP contribution in [0.5, 0.6) is 0 Å². The quantitative estimate of drug-likeness (QED) is 0.664. The highest BCUT2D eigenvalue weighted by molar-refractivity contribution is 5.89. The zero-order valence-electron chi connectivity index (χ0n) is 19.8. The number of aromatic nitrogens is 2. The van der Waals surface area contributed by atoms with E-state index in [1.54, 1.807) is 7.11 Å². The van der Waals surface area contributed by atoms with Crippen molar-refractivity contribution in [2.45, 2.75) is 32.9 Å². The average Bonchev–Trinajstić information content (AvgIpc) is 2.83. The highest BCUT2D eigenvalue weighted by Crippen LogP contribution is 2.31. The molecule has 0 spiro atoms. The van der Waals surface area contributed by atoms with Crippen LogP contribution in [-0.4, -0.2) is 80.1 Å².